The zero-order valence-electron chi connectivity index (χ0n) is 17.4. The van der Waals surface area contributed by atoms with Crippen molar-refractivity contribution in [1.29, 1.82) is 0 Å². The molecule has 10 heteroatoms. The molecule has 1 unspecified atom stereocenters. The molecule has 1 atom stereocenters. The normalized spacial score (nSPS) is 20.5. The Hall–Kier alpha value is -2.91. The molecule has 0 aliphatic carbocycles. The second kappa shape index (κ2) is 8.45. The average Bonchev–Trinajstić information content (AvgIpc) is 3.22. The van der Waals surface area contributed by atoms with Crippen molar-refractivity contribution in [3.05, 3.63) is 16.2 Å². The third-order valence-corrected chi connectivity index (χ3v) is 6.15. The fourth-order valence-corrected chi connectivity index (χ4v) is 4.49. The smallest absolute Gasteiger partial charge is 0.328 e. The largest absolute Gasteiger partial charge is 0.464 e. The lowest BCUT2D eigenvalue weighted by atomic mass is 9.97. The van der Waals surface area contributed by atoms with E-state index in [-0.39, 0.29) is 17.2 Å². The van der Waals surface area contributed by atoms with Crippen molar-refractivity contribution >= 4 is 34.1 Å². The van der Waals surface area contributed by atoms with Gasteiger partial charge in [0.25, 0.3) is 0 Å². The molecule has 4 rings (SSSR count). The first-order valence-electron chi connectivity index (χ1n) is 10.6. The van der Waals surface area contributed by atoms with E-state index in [1.165, 1.54) is 0 Å². The fraction of sp³-hybridized carbons (Fsp3) is 0.650. The molecule has 2 aliphatic rings. The number of esters is 1. The van der Waals surface area contributed by atoms with E-state index in [2.05, 4.69) is 17.2 Å². The summed E-state index contributed by atoms with van der Waals surface area (Å²) in [5.74, 6) is 0.306. The van der Waals surface area contributed by atoms with Gasteiger partial charge in [0.05, 0.1) is 17.2 Å². The first kappa shape index (κ1) is 20.4. The summed E-state index contributed by atoms with van der Waals surface area (Å²) in [7, 11) is 0. The highest BCUT2D eigenvalue weighted by atomic mass is 16.6. The number of carbonyl (C=O) groups excluding carboxylic acids is 1. The van der Waals surface area contributed by atoms with Crippen LogP contribution in [0.1, 0.15) is 46.0 Å². The molecule has 3 heterocycles. The highest BCUT2D eigenvalue weighted by Crippen LogP contribution is 2.43. The van der Waals surface area contributed by atoms with E-state index in [0.29, 0.717) is 42.4 Å². The number of aromatic nitrogens is 2. The Bertz CT molecular complexity index is 937. The molecule has 0 N–H and O–H groups in total. The van der Waals surface area contributed by atoms with Crippen LogP contribution in [0.3, 0.4) is 0 Å². The van der Waals surface area contributed by atoms with Crippen molar-refractivity contribution in [3.63, 3.8) is 0 Å². The number of anilines is 2. The number of hydrogen-bond donors (Lipinski definition) is 0. The van der Waals surface area contributed by atoms with Crippen LogP contribution in [0.4, 0.5) is 17.1 Å². The minimum atomic E-state index is -0.450. The molecule has 0 bridgehead atoms. The van der Waals surface area contributed by atoms with E-state index >= 15 is 0 Å². The van der Waals surface area contributed by atoms with E-state index in [1.54, 1.807) is 13.0 Å². The van der Waals surface area contributed by atoms with Crippen molar-refractivity contribution in [2.24, 2.45) is 5.92 Å². The average molecular weight is 417 g/mol. The summed E-state index contributed by atoms with van der Waals surface area (Å²) >= 11 is 0. The van der Waals surface area contributed by atoms with Crippen molar-refractivity contribution in [2.75, 3.05) is 36.0 Å². The molecule has 1 aromatic carbocycles. The molecule has 162 valence electrons. The molecule has 0 spiro atoms. The van der Waals surface area contributed by atoms with Gasteiger partial charge in [-0.3, -0.25) is 10.1 Å². The van der Waals surface area contributed by atoms with E-state index in [4.69, 9.17) is 9.37 Å². The molecule has 2 aromatic rings. The Morgan fingerprint density at radius 2 is 1.93 bits per heavy atom. The summed E-state index contributed by atoms with van der Waals surface area (Å²) in [5, 5.41) is 19.8. The van der Waals surface area contributed by atoms with Gasteiger partial charge in [-0.05, 0) is 61.3 Å². The summed E-state index contributed by atoms with van der Waals surface area (Å²) in [6.45, 7) is 6.39. The Morgan fingerprint density at radius 1 is 1.20 bits per heavy atom. The molecule has 0 amide bonds. The topological polar surface area (TPSA) is 115 Å². The summed E-state index contributed by atoms with van der Waals surface area (Å²) in [6, 6.07) is 1.34. The summed E-state index contributed by atoms with van der Waals surface area (Å²) in [5.41, 5.74) is 1.50. The van der Waals surface area contributed by atoms with Crippen LogP contribution < -0.4 is 9.80 Å². The number of ether oxygens (including phenoxy) is 1. The van der Waals surface area contributed by atoms with Crippen LogP contribution in [0.15, 0.2) is 10.7 Å². The number of nitro groups is 1. The number of fused-ring (bicyclic) bond motifs is 1. The van der Waals surface area contributed by atoms with Gasteiger partial charge in [-0.1, -0.05) is 6.92 Å². The predicted molar refractivity (Wildman–Crippen MR) is 111 cm³/mol. The first-order chi connectivity index (χ1) is 14.5. The molecule has 2 fully saturated rings. The van der Waals surface area contributed by atoms with Gasteiger partial charge in [0, 0.05) is 19.6 Å². The Labute approximate surface area is 174 Å². The number of carbonyl (C=O) groups is 1. The van der Waals surface area contributed by atoms with Gasteiger partial charge in [0.2, 0.25) is 5.52 Å². The van der Waals surface area contributed by atoms with E-state index < -0.39 is 11.0 Å². The number of rotatable bonds is 5. The zero-order valence-corrected chi connectivity index (χ0v) is 17.4. The lowest BCUT2D eigenvalue weighted by molar-refractivity contribution is -0.382. The maximum absolute atomic E-state index is 12.6. The quantitative estimate of drug-likeness (QED) is 0.410. The lowest BCUT2D eigenvalue weighted by Crippen LogP contribution is -2.46. The summed E-state index contributed by atoms with van der Waals surface area (Å²) < 4.78 is 10.2. The Kier molecular flexibility index (Phi) is 5.74. The molecule has 0 saturated carbocycles. The summed E-state index contributed by atoms with van der Waals surface area (Å²) in [4.78, 5) is 28.2. The van der Waals surface area contributed by atoms with Gasteiger partial charge >= 0.3 is 11.7 Å². The van der Waals surface area contributed by atoms with Gasteiger partial charge in [0.1, 0.15) is 11.7 Å². The molecular formula is C20H27N5O5. The van der Waals surface area contributed by atoms with E-state index in [0.717, 1.165) is 38.8 Å². The van der Waals surface area contributed by atoms with E-state index in [1.807, 2.05) is 9.80 Å². The number of nitro benzene ring substituents is 1. The SMILES string of the molecule is CCOC(=O)C1CCCCN1c1cc(N2CCC(C)CC2)c([N+](=O)[O-])c2nonc12. The van der Waals surface area contributed by atoms with Crippen molar-refractivity contribution in [1.82, 2.24) is 10.3 Å². The van der Waals surface area contributed by atoms with Crippen LogP contribution in [0, 0.1) is 16.0 Å². The summed E-state index contributed by atoms with van der Waals surface area (Å²) in [6.07, 6.45) is 4.44. The van der Waals surface area contributed by atoms with Crippen molar-refractivity contribution in [3.8, 4) is 0 Å². The lowest BCUT2D eigenvalue weighted by Gasteiger charge is -2.37. The maximum Gasteiger partial charge on any atom is 0.328 e. The molecule has 1 aromatic heterocycles. The number of piperidine rings is 2. The molecule has 2 aliphatic heterocycles. The van der Waals surface area contributed by atoms with Gasteiger partial charge in [-0.2, -0.15) is 0 Å². The second-order valence-corrected chi connectivity index (χ2v) is 8.11. The van der Waals surface area contributed by atoms with Crippen LogP contribution in [0.5, 0.6) is 0 Å². The maximum atomic E-state index is 12.6. The first-order valence-corrected chi connectivity index (χ1v) is 10.6. The van der Waals surface area contributed by atoms with Crippen LogP contribution in [0.2, 0.25) is 0 Å². The third-order valence-electron chi connectivity index (χ3n) is 6.15. The monoisotopic (exact) mass is 417 g/mol. The minimum Gasteiger partial charge on any atom is -0.464 e. The molecular weight excluding hydrogens is 390 g/mol. The second-order valence-electron chi connectivity index (χ2n) is 8.11. The zero-order chi connectivity index (χ0) is 21.3. The minimum absolute atomic E-state index is 0.0887. The Balaban J connectivity index is 1.83. The molecule has 10 nitrogen and oxygen atoms in total. The van der Waals surface area contributed by atoms with Crippen LogP contribution in [0.25, 0.3) is 11.0 Å². The highest BCUT2D eigenvalue weighted by Gasteiger charge is 2.36. The number of nitrogens with zero attached hydrogens (tertiary/aromatic N) is 5. The predicted octanol–water partition coefficient (Wildman–Crippen LogP) is 3.29. The number of hydrogen-bond acceptors (Lipinski definition) is 9. The van der Waals surface area contributed by atoms with Crippen LogP contribution in [-0.2, 0) is 9.53 Å². The van der Waals surface area contributed by atoms with Gasteiger partial charge < -0.3 is 14.5 Å². The van der Waals surface area contributed by atoms with Crippen LogP contribution >= 0.6 is 0 Å². The standard InChI is InChI=1S/C20H27N5O5/c1-3-29-20(26)14-6-4-5-9-24(14)15-12-16(23-10-7-13(2)8-11-23)19(25(27)28)18-17(15)21-30-22-18/h12-14H,3-11H2,1-2H3. The third kappa shape index (κ3) is 3.66. The van der Waals surface area contributed by atoms with Gasteiger partial charge in [-0.25, -0.2) is 9.42 Å². The molecule has 0 radical (unpaired) electrons. The Morgan fingerprint density at radius 3 is 2.63 bits per heavy atom. The van der Waals surface area contributed by atoms with Crippen molar-refractivity contribution < 1.29 is 19.1 Å². The fourth-order valence-electron chi connectivity index (χ4n) is 4.49. The van der Waals surface area contributed by atoms with Gasteiger partial charge in [0.15, 0.2) is 5.52 Å². The van der Waals surface area contributed by atoms with E-state index in [9.17, 15) is 14.9 Å². The highest BCUT2D eigenvalue weighted by molar-refractivity contribution is 6.01. The molecule has 30 heavy (non-hydrogen) atoms. The van der Waals surface area contributed by atoms with Crippen LogP contribution in [-0.4, -0.2) is 53.5 Å². The number of benzene rings is 1. The van der Waals surface area contributed by atoms with Gasteiger partial charge in [-0.15, -0.1) is 0 Å². The molecule has 2 saturated heterocycles. The van der Waals surface area contributed by atoms with Crippen molar-refractivity contribution in [2.45, 2.75) is 52.0 Å².